The molecule has 0 fully saturated rings. The van der Waals surface area contributed by atoms with Gasteiger partial charge in [0.05, 0.1) is 17.6 Å². The van der Waals surface area contributed by atoms with Crippen molar-refractivity contribution in [1.29, 1.82) is 5.26 Å². The number of carboxylic acids is 1. The number of aliphatic carboxylic acids is 1. The number of nitrogens with zero attached hydrogens (tertiary/aromatic N) is 1. The largest absolute Gasteiger partial charge is 0.481 e. The minimum atomic E-state index is -0.861. The van der Waals surface area contributed by atoms with Crippen LogP contribution in [0.25, 0.3) is 0 Å². The first-order valence-electron chi connectivity index (χ1n) is 4.86. The molecule has 1 aromatic rings. The van der Waals surface area contributed by atoms with Crippen LogP contribution >= 0.6 is 0 Å². The van der Waals surface area contributed by atoms with Crippen molar-refractivity contribution in [2.24, 2.45) is 0 Å². The van der Waals surface area contributed by atoms with E-state index < -0.39 is 11.9 Å². The van der Waals surface area contributed by atoms with Gasteiger partial charge in [-0.3, -0.25) is 4.79 Å². The monoisotopic (exact) mass is 203 g/mol. The zero-order valence-electron chi connectivity index (χ0n) is 8.82. The Balaban J connectivity index is 3.30. The minimum absolute atomic E-state index is 0.562. The maximum Gasteiger partial charge on any atom is 0.310 e. The van der Waals surface area contributed by atoms with Crippen molar-refractivity contribution >= 4 is 5.97 Å². The Bertz CT molecular complexity index is 418. The lowest BCUT2D eigenvalue weighted by Gasteiger charge is -2.12. The highest BCUT2D eigenvalue weighted by Crippen LogP contribution is 2.23. The summed E-state index contributed by atoms with van der Waals surface area (Å²) in [4.78, 5) is 10.9. The molecule has 0 aromatic heterocycles. The molecule has 0 amide bonds. The van der Waals surface area contributed by atoms with Crippen LogP contribution in [-0.4, -0.2) is 11.1 Å². The molecule has 1 aromatic carbocycles. The van der Waals surface area contributed by atoms with E-state index >= 15 is 0 Å². The Morgan fingerprint density at radius 3 is 2.73 bits per heavy atom. The van der Waals surface area contributed by atoms with Gasteiger partial charge in [0, 0.05) is 0 Å². The Kier molecular flexibility index (Phi) is 3.46. The zero-order chi connectivity index (χ0) is 11.4. The Morgan fingerprint density at radius 2 is 2.27 bits per heavy atom. The number of carboxylic acid groups (broad SMARTS) is 1. The van der Waals surface area contributed by atoms with Gasteiger partial charge in [0.1, 0.15) is 0 Å². The van der Waals surface area contributed by atoms with Crippen molar-refractivity contribution in [3.8, 4) is 6.07 Å². The van der Waals surface area contributed by atoms with Gasteiger partial charge in [0.25, 0.3) is 0 Å². The maximum atomic E-state index is 10.9. The molecule has 1 rings (SSSR count). The highest BCUT2D eigenvalue weighted by Gasteiger charge is 2.18. The van der Waals surface area contributed by atoms with Gasteiger partial charge in [0.15, 0.2) is 0 Å². The second kappa shape index (κ2) is 4.61. The summed E-state index contributed by atoms with van der Waals surface area (Å²) in [5, 5.41) is 17.8. The van der Waals surface area contributed by atoms with Crippen LogP contribution in [0.4, 0.5) is 0 Å². The molecule has 0 heterocycles. The van der Waals surface area contributed by atoms with Crippen LogP contribution in [0.5, 0.6) is 0 Å². The molecule has 0 saturated carbocycles. The molecule has 0 aliphatic rings. The van der Waals surface area contributed by atoms with Crippen molar-refractivity contribution in [3.05, 3.63) is 34.9 Å². The first kappa shape index (κ1) is 11.3. The van der Waals surface area contributed by atoms with Crippen molar-refractivity contribution in [3.63, 3.8) is 0 Å². The van der Waals surface area contributed by atoms with E-state index in [9.17, 15) is 4.79 Å². The molecule has 1 N–H and O–H groups in total. The van der Waals surface area contributed by atoms with Crippen LogP contribution in [0, 0.1) is 11.3 Å². The second-order valence-electron chi connectivity index (χ2n) is 3.40. The highest BCUT2D eigenvalue weighted by atomic mass is 16.4. The number of carbonyl (C=O) groups is 1. The van der Waals surface area contributed by atoms with Gasteiger partial charge in [-0.15, -0.1) is 0 Å². The van der Waals surface area contributed by atoms with Crippen molar-refractivity contribution in [1.82, 2.24) is 0 Å². The SMILES string of the molecule is CCc1c(C#N)cccc1C(C)C(=O)O. The Morgan fingerprint density at radius 1 is 1.60 bits per heavy atom. The highest BCUT2D eigenvalue weighted by molar-refractivity contribution is 5.76. The lowest BCUT2D eigenvalue weighted by molar-refractivity contribution is -0.138. The predicted octanol–water partition coefficient (Wildman–Crippen LogP) is 2.31. The van der Waals surface area contributed by atoms with E-state index in [1.165, 1.54) is 0 Å². The number of hydrogen-bond donors (Lipinski definition) is 1. The molecule has 1 atom stereocenters. The summed E-state index contributed by atoms with van der Waals surface area (Å²) in [6.45, 7) is 3.56. The summed E-state index contributed by atoms with van der Waals surface area (Å²) in [6.07, 6.45) is 0.677. The van der Waals surface area contributed by atoms with Crippen LogP contribution in [0.3, 0.4) is 0 Å². The molecule has 0 bridgehead atoms. The fourth-order valence-electron chi connectivity index (χ4n) is 1.64. The molecule has 0 radical (unpaired) electrons. The standard InChI is InChI=1S/C12H13NO2/c1-3-10-9(7-13)5-4-6-11(10)8(2)12(14)15/h4-6,8H,3H2,1-2H3,(H,14,15). The minimum Gasteiger partial charge on any atom is -0.481 e. The number of benzene rings is 1. The molecular formula is C12H13NO2. The number of nitriles is 1. The van der Waals surface area contributed by atoms with Gasteiger partial charge < -0.3 is 5.11 Å². The smallest absolute Gasteiger partial charge is 0.310 e. The Hall–Kier alpha value is -1.82. The molecule has 0 saturated heterocycles. The maximum absolute atomic E-state index is 10.9. The van der Waals surface area contributed by atoms with E-state index in [-0.39, 0.29) is 0 Å². The third kappa shape index (κ3) is 2.16. The zero-order valence-corrected chi connectivity index (χ0v) is 8.82. The molecule has 3 nitrogen and oxygen atoms in total. The van der Waals surface area contributed by atoms with E-state index in [0.29, 0.717) is 12.0 Å². The van der Waals surface area contributed by atoms with Gasteiger partial charge in [0.2, 0.25) is 0 Å². The van der Waals surface area contributed by atoms with E-state index in [4.69, 9.17) is 10.4 Å². The quantitative estimate of drug-likeness (QED) is 0.819. The summed E-state index contributed by atoms with van der Waals surface area (Å²) in [6, 6.07) is 7.31. The summed E-state index contributed by atoms with van der Waals surface area (Å²) < 4.78 is 0. The van der Waals surface area contributed by atoms with Gasteiger partial charge in [-0.1, -0.05) is 19.1 Å². The lowest BCUT2D eigenvalue weighted by Crippen LogP contribution is -2.10. The predicted molar refractivity (Wildman–Crippen MR) is 56.6 cm³/mol. The molecular weight excluding hydrogens is 190 g/mol. The van der Waals surface area contributed by atoms with Crippen LogP contribution in [0.2, 0.25) is 0 Å². The first-order chi connectivity index (χ1) is 7.11. The molecule has 15 heavy (non-hydrogen) atoms. The van der Waals surface area contributed by atoms with E-state index in [2.05, 4.69) is 6.07 Å². The van der Waals surface area contributed by atoms with E-state index in [0.717, 1.165) is 11.1 Å². The van der Waals surface area contributed by atoms with Gasteiger partial charge in [-0.25, -0.2) is 0 Å². The van der Waals surface area contributed by atoms with Crippen LogP contribution in [0.1, 0.15) is 36.5 Å². The normalized spacial score (nSPS) is 11.8. The van der Waals surface area contributed by atoms with Gasteiger partial charge in [-0.2, -0.15) is 5.26 Å². The molecule has 0 spiro atoms. The summed E-state index contributed by atoms with van der Waals surface area (Å²) in [7, 11) is 0. The number of hydrogen-bond acceptors (Lipinski definition) is 2. The molecule has 3 heteroatoms. The molecule has 78 valence electrons. The van der Waals surface area contributed by atoms with Gasteiger partial charge >= 0.3 is 5.97 Å². The van der Waals surface area contributed by atoms with Crippen LogP contribution in [-0.2, 0) is 11.2 Å². The van der Waals surface area contributed by atoms with E-state index in [1.54, 1.807) is 25.1 Å². The lowest BCUT2D eigenvalue weighted by atomic mass is 9.91. The van der Waals surface area contributed by atoms with Gasteiger partial charge in [-0.05, 0) is 30.5 Å². The third-order valence-electron chi connectivity index (χ3n) is 2.52. The molecule has 1 unspecified atom stereocenters. The average molecular weight is 203 g/mol. The third-order valence-corrected chi connectivity index (χ3v) is 2.52. The average Bonchev–Trinajstić information content (AvgIpc) is 2.26. The van der Waals surface area contributed by atoms with Crippen molar-refractivity contribution in [2.45, 2.75) is 26.2 Å². The topological polar surface area (TPSA) is 61.1 Å². The number of rotatable bonds is 3. The summed E-state index contributed by atoms with van der Waals surface area (Å²) in [5.74, 6) is -1.42. The fourth-order valence-corrected chi connectivity index (χ4v) is 1.64. The fraction of sp³-hybridized carbons (Fsp3) is 0.333. The van der Waals surface area contributed by atoms with Crippen LogP contribution < -0.4 is 0 Å². The first-order valence-corrected chi connectivity index (χ1v) is 4.86. The van der Waals surface area contributed by atoms with Crippen molar-refractivity contribution < 1.29 is 9.90 Å². The van der Waals surface area contributed by atoms with E-state index in [1.807, 2.05) is 6.92 Å². The molecule has 0 aliphatic heterocycles. The second-order valence-corrected chi connectivity index (χ2v) is 3.40. The molecule has 0 aliphatic carbocycles. The van der Waals surface area contributed by atoms with Crippen LogP contribution in [0.15, 0.2) is 18.2 Å². The summed E-state index contributed by atoms with van der Waals surface area (Å²) in [5.41, 5.74) is 2.15. The Labute approximate surface area is 89.0 Å². The summed E-state index contributed by atoms with van der Waals surface area (Å²) >= 11 is 0. The van der Waals surface area contributed by atoms with Crippen molar-refractivity contribution in [2.75, 3.05) is 0 Å².